The van der Waals surface area contributed by atoms with Gasteiger partial charge in [-0.3, -0.25) is 0 Å². The van der Waals surface area contributed by atoms with Gasteiger partial charge in [0.15, 0.2) is 0 Å². The van der Waals surface area contributed by atoms with Crippen LogP contribution in [0.2, 0.25) is 0 Å². The molecule has 0 saturated carbocycles. The fraction of sp³-hybridized carbons (Fsp3) is 1.00. The van der Waals surface area contributed by atoms with E-state index in [9.17, 15) is 0 Å². The Morgan fingerprint density at radius 1 is 0.429 bits per heavy atom. The highest BCUT2D eigenvalue weighted by Gasteiger charge is 2.40. The summed E-state index contributed by atoms with van der Waals surface area (Å²) in [5, 5.41) is 0. The monoisotopic (exact) mass is 406 g/mol. The zero-order valence-corrected chi connectivity index (χ0v) is 20.1. The van der Waals surface area contributed by atoms with E-state index in [1.54, 1.807) is 0 Å². The first-order valence-electron chi connectivity index (χ1n) is 11.1. The van der Waals surface area contributed by atoms with Gasteiger partial charge in [-0.2, -0.15) is 19.6 Å². The number of hydrogen-bond acceptors (Lipinski definition) is 6. The summed E-state index contributed by atoms with van der Waals surface area (Å²) in [7, 11) is 0. The summed E-state index contributed by atoms with van der Waals surface area (Å²) in [5.41, 5.74) is -0.797. The first-order valence-corrected chi connectivity index (χ1v) is 11.1. The van der Waals surface area contributed by atoms with E-state index in [0.29, 0.717) is 25.7 Å². The molecule has 28 heavy (non-hydrogen) atoms. The van der Waals surface area contributed by atoms with Gasteiger partial charge in [-0.15, -0.1) is 0 Å². The third-order valence-corrected chi connectivity index (χ3v) is 5.04. The molecular formula is C22H46O6. The zero-order valence-electron chi connectivity index (χ0n) is 20.1. The van der Waals surface area contributed by atoms with Gasteiger partial charge in [0.05, 0.1) is 11.2 Å². The minimum Gasteiger partial charge on any atom is -0.228 e. The second-order valence-corrected chi connectivity index (χ2v) is 8.75. The van der Waals surface area contributed by atoms with Crippen LogP contribution < -0.4 is 0 Å². The lowest BCUT2D eigenvalue weighted by molar-refractivity contribution is -0.594. The van der Waals surface area contributed by atoms with E-state index in [0.717, 1.165) is 25.7 Å². The van der Waals surface area contributed by atoms with Gasteiger partial charge in [-0.1, -0.05) is 54.4 Å². The minimum atomic E-state index is -1.01. The molecule has 170 valence electrons. The third-order valence-electron chi connectivity index (χ3n) is 5.04. The lowest BCUT2D eigenvalue weighted by Crippen LogP contribution is -2.44. The molecule has 0 aromatic heterocycles. The van der Waals surface area contributed by atoms with Crippen LogP contribution in [0.3, 0.4) is 0 Å². The maximum absolute atomic E-state index is 5.82. The van der Waals surface area contributed by atoms with Crippen molar-refractivity contribution >= 4 is 0 Å². The standard InChI is InChI=1S/C22H46O6/c1-11-17-19(7,8)23-25-21(13-3,14-4)27-28-22(15-5,16-6)26-24-20(9,10)18-12-2/h11-18H2,1-10H3. The smallest absolute Gasteiger partial charge is 0.228 e. The van der Waals surface area contributed by atoms with Crippen molar-refractivity contribution in [3.63, 3.8) is 0 Å². The van der Waals surface area contributed by atoms with E-state index < -0.39 is 22.8 Å². The van der Waals surface area contributed by atoms with Crippen LogP contribution in [0.1, 0.15) is 121 Å². The molecule has 0 rings (SSSR count). The molecule has 0 amide bonds. The summed E-state index contributed by atoms with van der Waals surface area (Å²) >= 11 is 0. The fourth-order valence-electron chi connectivity index (χ4n) is 2.82. The van der Waals surface area contributed by atoms with Gasteiger partial charge in [0.2, 0.25) is 11.6 Å². The van der Waals surface area contributed by atoms with Crippen LogP contribution in [0.25, 0.3) is 0 Å². The Kier molecular flexibility index (Phi) is 12.3. The van der Waals surface area contributed by atoms with Crippen LogP contribution in [0.5, 0.6) is 0 Å². The molecule has 6 heteroatoms. The molecule has 6 nitrogen and oxygen atoms in total. The van der Waals surface area contributed by atoms with Crippen molar-refractivity contribution in [3.8, 4) is 0 Å². The van der Waals surface area contributed by atoms with Crippen molar-refractivity contribution in [2.24, 2.45) is 0 Å². The van der Waals surface area contributed by atoms with Gasteiger partial charge in [0.1, 0.15) is 0 Å². The molecule has 0 saturated heterocycles. The molecule has 0 aliphatic carbocycles. The molecule has 0 aliphatic rings. The Hall–Kier alpha value is -0.240. The Balaban J connectivity index is 5.09. The normalized spacial score (nSPS) is 13.9. The second kappa shape index (κ2) is 12.5. The minimum absolute atomic E-state index is 0.399. The molecule has 0 spiro atoms. The Morgan fingerprint density at radius 2 is 0.679 bits per heavy atom. The highest BCUT2D eigenvalue weighted by Crippen LogP contribution is 2.33. The molecule has 0 aliphatic heterocycles. The largest absolute Gasteiger partial charge is 0.233 e. The Labute approximate surface area is 173 Å². The van der Waals surface area contributed by atoms with Gasteiger partial charge in [0.25, 0.3) is 0 Å². The topological polar surface area (TPSA) is 55.4 Å². The van der Waals surface area contributed by atoms with Crippen molar-refractivity contribution in [1.82, 2.24) is 0 Å². The summed E-state index contributed by atoms with van der Waals surface area (Å²) in [6.07, 6.45) is 6.05. The van der Waals surface area contributed by atoms with Crippen molar-refractivity contribution < 1.29 is 29.3 Å². The molecule has 0 bridgehead atoms. The molecular weight excluding hydrogens is 360 g/mol. The molecule has 0 fully saturated rings. The van der Waals surface area contributed by atoms with Crippen LogP contribution >= 0.6 is 0 Å². The highest BCUT2D eigenvalue weighted by molar-refractivity contribution is 4.69. The van der Waals surface area contributed by atoms with Crippen LogP contribution in [-0.4, -0.2) is 22.8 Å². The van der Waals surface area contributed by atoms with E-state index in [4.69, 9.17) is 29.3 Å². The third kappa shape index (κ3) is 9.51. The predicted octanol–water partition coefficient (Wildman–Crippen LogP) is 7.02. The average Bonchev–Trinajstić information content (AvgIpc) is 2.65. The SMILES string of the molecule is CCCC(C)(C)OOC(CC)(CC)OOC(CC)(CC)OOC(C)(C)CCC. The van der Waals surface area contributed by atoms with Crippen LogP contribution in [-0.2, 0) is 29.3 Å². The molecule has 0 atom stereocenters. The first-order chi connectivity index (χ1) is 13.0. The van der Waals surface area contributed by atoms with Crippen molar-refractivity contribution in [2.75, 3.05) is 0 Å². The van der Waals surface area contributed by atoms with Crippen LogP contribution in [0, 0.1) is 0 Å². The van der Waals surface area contributed by atoms with E-state index in [-0.39, 0.29) is 0 Å². The quantitative estimate of drug-likeness (QED) is 0.147. The second-order valence-electron chi connectivity index (χ2n) is 8.75. The Bertz CT molecular complexity index is 362. The van der Waals surface area contributed by atoms with Gasteiger partial charge in [0, 0.05) is 25.7 Å². The van der Waals surface area contributed by atoms with Crippen LogP contribution in [0.4, 0.5) is 0 Å². The molecule has 0 radical (unpaired) electrons. The van der Waals surface area contributed by atoms with Gasteiger partial charge >= 0.3 is 0 Å². The first kappa shape index (κ1) is 27.8. The molecule has 0 aromatic carbocycles. The van der Waals surface area contributed by atoms with E-state index in [1.807, 2.05) is 55.4 Å². The van der Waals surface area contributed by atoms with E-state index in [2.05, 4.69) is 13.8 Å². The van der Waals surface area contributed by atoms with Crippen molar-refractivity contribution in [2.45, 2.75) is 143 Å². The van der Waals surface area contributed by atoms with E-state index >= 15 is 0 Å². The number of hydrogen-bond donors (Lipinski definition) is 0. The summed E-state index contributed by atoms with van der Waals surface area (Å²) in [6, 6.07) is 0. The van der Waals surface area contributed by atoms with Gasteiger partial charge < -0.3 is 0 Å². The lowest BCUT2D eigenvalue weighted by atomic mass is 10.0. The van der Waals surface area contributed by atoms with Crippen molar-refractivity contribution in [1.29, 1.82) is 0 Å². The molecule has 0 heterocycles. The molecule has 0 unspecified atom stereocenters. The summed E-state index contributed by atoms with van der Waals surface area (Å²) < 4.78 is 0. The summed E-state index contributed by atoms with van der Waals surface area (Å²) in [5.74, 6) is -2.02. The predicted molar refractivity (Wildman–Crippen MR) is 111 cm³/mol. The van der Waals surface area contributed by atoms with E-state index in [1.165, 1.54) is 0 Å². The molecule has 0 N–H and O–H groups in total. The van der Waals surface area contributed by atoms with Crippen molar-refractivity contribution in [3.05, 3.63) is 0 Å². The summed E-state index contributed by atoms with van der Waals surface area (Å²) in [6.45, 7) is 20.2. The van der Waals surface area contributed by atoms with Crippen LogP contribution in [0.15, 0.2) is 0 Å². The zero-order chi connectivity index (χ0) is 21.9. The lowest BCUT2D eigenvalue weighted by Gasteiger charge is -2.37. The highest BCUT2D eigenvalue weighted by atomic mass is 17.4. The van der Waals surface area contributed by atoms with Gasteiger partial charge in [-0.05, 0) is 40.5 Å². The fourth-order valence-corrected chi connectivity index (χ4v) is 2.82. The number of rotatable bonds is 17. The Morgan fingerprint density at radius 3 is 0.893 bits per heavy atom. The average molecular weight is 407 g/mol. The molecule has 0 aromatic rings. The maximum atomic E-state index is 5.82. The maximum Gasteiger partial charge on any atom is 0.233 e. The summed E-state index contributed by atoms with van der Waals surface area (Å²) in [4.78, 5) is 34.6. The van der Waals surface area contributed by atoms with Gasteiger partial charge in [-0.25, -0.2) is 9.78 Å².